The predicted molar refractivity (Wildman–Crippen MR) is 68.5 cm³/mol. The van der Waals surface area contributed by atoms with Gasteiger partial charge in [0.25, 0.3) is 0 Å². The van der Waals surface area contributed by atoms with E-state index in [1.54, 1.807) is 7.11 Å². The second-order valence-electron chi connectivity index (χ2n) is 3.91. The first-order chi connectivity index (χ1) is 7.07. The molecule has 0 aromatic rings. The molecule has 0 saturated heterocycles. The van der Waals surface area contributed by atoms with Gasteiger partial charge in [0.05, 0.1) is 6.61 Å². The van der Waals surface area contributed by atoms with Crippen LogP contribution in [0.1, 0.15) is 27.2 Å². The lowest BCUT2D eigenvalue weighted by Gasteiger charge is -2.25. The van der Waals surface area contributed by atoms with Gasteiger partial charge in [0.2, 0.25) is 0 Å². The van der Waals surface area contributed by atoms with E-state index in [0.717, 1.165) is 19.7 Å². The van der Waals surface area contributed by atoms with E-state index in [1.807, 2.05) is 13.8 Å². The maximum atomic E-state index is 5.04. The van der Waals surface area contributed by atoms with Crippen LogP contribution in [-0.2, 0) is 4.74 Å². The predicted octanol–water partition coefficient (Wildman–Crippen LogP) is 1.93. The molecule has 0 bridgehead atoms. The van der Waals surface area contributed by atoms with Crippen molar-refractivity contribution in [2.24, 2.45) is 0 Å². The fourth-order valence-corrected chi connectivity index (χ4v) is 1.12. The van der Waals surface area contributed by atoms with Gasteiger partial charge in [-0.1, -0.05) is 13.8 Å². The summed E-state index contributed by atoms with van der Waals surface area (Å²) in [5.74, 6) is 0. The number of rotatable bonds is 7. The van der Waals surface area contributed by atoms with Crippen molar-refractivity contribution in [3.63, 3.8) is 0 Å². The third-order valence-electron chi connectivity index (χ3n) is 2.39. The Morgan fingerprint density at radius 2 is 1.60 bits per heavy atom. The highest BCUT2D eigenvalue weighted by atomic mass is 16.5. The number of hydrogen-bond donors (Lipinski definition) is 0. The molecule has 0 aromatic carbocycles. The zero-order chi connectivity index (χ0) is 12.3. The Kier molecular flexibility index (Phi) is 13.8. The van der Waals surface area contributed by atoms with E-state index in [-0.39, 0.29) is 0 Å². The quantitative estimate of drug-likeness (QED) is 0.649. The lowest BCUT2D eigenvalue weighted by molar-refractivity contribution is 0.137. The molecule has 1 atom stereocenters. The monoisotopic (exact) mass is 218 g/mol. The summed E-state index contributed by atoms with van der Waals surface area (Å²) in [5, 5.41) is 0. The van der Waals surface area contributed by atoms with E-state index in [1.165, 1.54) is 6.42 Å². The van der Waals surface area contributed by atoms with Crippen LogP contribution in [0, 0.1) is 0 Å². The van der Waals surface area contributed by atoms with Crippen LogP contribution in [0.4, 0.5) is 0 Å². The summed E-state index contributed by atoms with van der Waals surface area (Å²) in [6.45, 7) is 9.26. The van der Waals surface area contributed by atoms with Crippen molar-refractivity contribution in [3.8, 4) is 0 Å². The van der Waals surface area contributed by atoms with E-state index in [2.05, 4.69) is 37.9 Å². The normalized spacial score (nSPS) is 12.6. The van der Waals surface area contributed by atoms with Gasteiger partial charge in [0.1, 0.15) is 0 Å². The van der Waals surface area contributed by atoms with Crippen LogP contribution < -0.4 is 0 Å². The summed E-state index contributed by atoms with van der Waals surface area (Å²) in [5.41, 5.74) is 0. The Morgan fingerprint density at radius 1 is 1.07 bits per heavy atom. The molecule has 0 N–H and O–H groups in total. The first-order valence-electron chi connectivity index (χ1n) is 5.91. The molecule has 0 fully saturated rings. The van der Waals surface area contributed by atoms with E-state index < -0.39 is 0 Å². The van der Waals surface area contributed by atoms with Crippen molar-refractivity contribution < 1.29 is 4.74 Å². The zero-order valence-corrected chi connectivity index (χ0v) is 11.7. The fourth-order valence-electron chi connectivity index (χ4n) is 1.12. The average Bonchev–Trinajstić information content (AvgIpc) is 2.25. The first-order valence-corrected chi connectivity index (χ1v) is 5.91. The van der Waals surface area contributed by atoms with Gasteiger partial charge in [-0.15, -0.1) is 0 Å². The Morgan fingerprint density at radius 3 is 2.00 bits per heavy atom. The molecule has 0 aliphatic rings. The number of methoxy groups -OCH3 is 1. The SMILES string of the molecule is CC.COCCN(C)C(C)CCN(C)C. The molecule has 3 nitrogen and oxygen atoms in total. The van der Waals surface area contributed by atoms with Crippen LogP contribution in [0.5, 0.6) is 0 Å². The lowest BCUT2D eigenvalue weighted by atomic mass is 10.2. The molecule has 0 aliphatic carbocycles. The molecular formula is C12H30N2O. The summed E-state index contributed by atoms with van der Waals surface area (Å²) in [6.07, 6.45) is 1.22. The third kappa shape index (κ3) is 11.8. The molecular weight excluding hydrogens is 188 g/mol. The Bertz CT molecular complexity index is 118. The van der Waals surface area contributed by atoms with Gasteiger partial charge in [-0.05, 0) is 41.0 Å². The highest BCUT2D eigenvalue weighted by Crippen LogP contribution is 2.00. The summed E-state index contributed by atoms with van der Waals surface area (Å²) < 4.78 is 5.04. The summed E-state index contributed by atoms with van der Waals surface area (Å²) >= 11 is 0. The number of ether oxygens (including phenoxy) is 1. The van der Waals surface area contributed by atoms with Crippen LogP contribution in [0.2, 0.25) is 0 Å². The van der Waals surface area contributed by atoms with Crippen molar-refractivity contribution in [1.29, 1.82) is 0 Å². The van der Waals surface area contributed by atoms with Gasteiger partial charge in [-0.3, -0.25) is 0 Å². The average molecular weight is 218 g/mol. The van der Waals surface area contributed by atoms with E-state index in [9.17, 15) is 0 Å². The maximum absolute atomic E-state index is 5.04. The van der Waals surface area contributed by atoms with Crippen molar-refractivity contribution >= 4 is 0 Å². The minimum absolute atomic E-state index is 0.637. The lowest BCUT2D eigenvalue weighted by Crippen LogP contribution is -2.34. The van der Waals surface area contributed by atoms with Crippen LogP contribution in [0.15, 0.2) is 0 Å². The van der Waals surface area contributed by atoms with Gasteiger partial charge in [-0.2, -0.15) is 0 Å². The molecule has 94 valence electrons. The summed E-state index contributed by atoms with van der Waals surface area (Å²) in [6, 6.07) is 0.637. The van der Waals surface area contributed by atoms with Gasteiger partial charge in [0.15, 0.2) is 0 Å². The van der Waals surface area contributed by atoms with Crippen molar-refractivity contribution in [2.75, 3.05) is 47.9 Å². The Hall–Kier alpha value is -0.120. The smallest absolute Gasteiger partial charge is 0.0589 e. The standard InChI is InChI=1S/C10H24N2O.C2H6/c1-10(6-7-11(2)3)12(4)8-9-13-5;1-2/h10H,6-9H2,1-5H3;1-2H3. The van der Waals surface area contributed by atoms with Crippen molar-refractivity contribution in [2.45, 2.75) is 33.2 Å². The molecule has 1 unspecified atom stereocenters. The van der Waals surface area contributed by atoms with Crippen molar-refractivity contribution in [3.05, 3.63) is 0 Å². The number of nitrogens with zero attached hydrogens (tertiary/aromatic N) is 2. The van der Waals surface area contributed by atoms with Gasteiger partial charge < -0.3 is 14.5 Å². The molecule has 0 aromatic heterocycles. The summed E-state index contributed by atoms with van der Waals surface area (Å²) in [7, 11) is 8.13. The van der Waals surface area contributed by atoms with Crippen LogP contribution in [-0.4, -0.2) is 63.8 Å². The summed E-state index contributed by atoms with van der Waals surface area (Å²) in [4.78, 5) is 4.56. The zero-order valence-electron chi connectivity index (χ0n) is 11.7. The Balaban J connectivity index is 0. The second kappa shape index (κ2) is 12.0. The van der Waals surface area contributed by atoms with E-state index in [0.29, 0.717) is 6.04 Å². The van der Waals surface area contributed by atoms with Gasteiger partial charge in [0, 0.05) is 19.7 Å². The van der Waals surface area contributed by atoms with Crippen LogP contribution in [0.3, 0.4) is 0 Å². The minimum Gasteiger partial charge on any atom is -0.383 e. The molecule has 0 saturated carbocycles. The minimum atomic E-state index is 0.637. The first kappa shape index (κ1) is 17.3. The molecule has 0 heterocycles. The third-order valence-corrected chi connectivity index (χ3v) is 2.39. The second-order valence-corrected chi connectivity index (χ2v) is 3.91. The Labute approximate surface area is 96.4 Å². The molecule has 0 amide bonds. The van der Waals surface area contributed by atoms with E-state index >= 15 is 0 Å². The highest BCUT2D eigenvalue weighted by molar-refractivity contribution is 4.64. The van der Waals surface area contributed by atoms with Crippen molar-refractivity contribution in [1.82, 2.24) is 9.80 Å². The fraction of sp³-hybridized carbons (Fsp3) is 1.00. The van der Waals surface area contributed by atoms with Crippen LogP contribution in [0.25, 0.3) is 0 Å². The van der Waals surface area contributed by atoms with E-state index in [4.69, 9.17) is 4.74 Å². The highest BCUT2D eigenvalue weighted by Gasteiger charge is 2.08. The molecule has 15 heavy (non-hydrogen) atoms. The topological polar surface area (TPSA) is 15.7 Å². The molecule has 0 radical (unpaired) electrons. The number of hydrogen-bond acceptors (Lipinski definition) is 3. The van der Waals surface area contributed by atoms with Crippen LogP contribution >= 0.6 is 0 Å². The molecule has 3 heteroatoms. The molecule has 0 rings (SSSR count). The molecule has 0 aliphatic heterocycles. The van der Waals surface area contributed by atoms with Gasteiger partial charge in [-0.25, -0.2) is 0 Å². The number of likely N-dealkylation sites (N-methyl/N-ethyl adjacent to an activating group) is 1. The largest absolute Gasteiger partial charge is 0.383 e. The van der Waals surface area contributed by atoms with Gasteiger partial charge >= 0.3 is 0 Å². The maximum Gasteiger partial charge on any atom is 0.0589 e. The molecule has 0 spiro atoms.